The summed E-state index contributed by atoms with van der Waals surface area (Å²) in [6.07, 6.45) is 0.928. The maximum atomic E-state index is 11.9. The molecule has 3 N–H and O–H groups in total. The molecule has 0 aliphatic heterocycles. The molecule has 2 rings (SSSR count). The standard InChI is InChI=1S/C18H24N4O3/c1-22(2)17-14(5-4-10-19-17)11-20-18(24)21-12-16(23)13-6-8-15(25-3)9-7-13/h4-10,16,23H,11-12H2,1-3H3,(H2,20,21,24)/t16-/m1/s1. The Morgan fingerprint density at radius 1 is 1.24 bits per heavy atom. The smallest absolute Gasteiger partial charge is 0.315 e. The molecule has 7 nitrogen and oxygen atoms in total. The van der Waals surface area contributed by atoms with E-state index in [-0.39, 0.29) is 12.6 Å². The van der Waals surface area contributed by atoms with Crippen molar-refractivity contribution in [1.82, 2.24) is 15.6 Å². The number of urea groups is 1. The van der Waals surface area contributed by atoms with Crippen molar-refractivity contribution in [3.63, 3.8) is 0 Å². The van der Waals surface area contributed by atoms with Crippen LogP contribution in [0.2, 0.25) is 0 Å². The first-order valence-electron chi connectivity index (χ1n) is 7.96. The second-order valence-corrected chi connectivity index (χ2v) is 5.73. The largest absolute Gasteiger partial charge is 0.497 e. The van der Waals surface area contributed by atoms with Gasteiger partial charge in [-0.25, -0.2) is 9.78 Å². The summed E-state index contributed by atoms with van der Waals surface area (Å²) in [4.78, 5) is 18.1. The summed E-state index contributed by atoms with van der Waals surface area (Å²) in [5, 5.41) is 15.6. The Balaban J connectivity index is 1.82. The molecule has 0 aliphatic carbocycles. The van der Waals surface area contributed by atoms with Crippen molar-refractivity contribution in [2.24, 2.45) is 0 Å². The summed E-state index contributed by atoms with van der Waals surface area (Å²) in [6, 6.07) is 10.5. The van der Waals surface area contributed by atoms with E-state index in [9.17, 15) is 9.90 Å². The number of ether oxygens (including phenoxy) is 1. The Morgan fingerprint density at radius 3 is 2.60 bits per heavy atom. The van der Waals surface area contributed by atoms with Crippen molar-refractivity contribution in [1.29, 1.82) is 0 Å². The predicted octanol–water partition coefficient (Wildman–Crippen LogP) is 1.69. The first-order chi connectivity index (χ1) is 12.0. The fourth-order valence-corrected chi connectivity index (χ4v) is 2.34. The Bertz CT molecular complexity index is 689. The van der Waals surface area contributed by atoms with E-state index in [1.54, 1.807) is 37.6 Å². The number of nitrogens with one attached hydrogen (secondary N) is 2. The van der Waals surface area contributed by atoms with Crippen molar-refractivity contribution in [3.8, 4) is 5.75 Å². The molecule has 0 spiro atoms. The van der Waals surface area contributed by atoms with Crippen LogP contribution in [0.1, 0.15) is 17.2 Å². The number of carbonyl (C=O) groups is 1. The van der Waals surface area contributed by atoms with E-state index >= 15 is 0 Å². The molecule has 0 saturated carbocycles. The topological polar surface area (TPSA) is 86.7 Å². The number of aliphatic hydroxyl groups is 1. The van der Waals surface area contributed by atoms with Gasteiger partial charge in [0.15, 0.2) is 0 Å². The molecule has 2 aromatic rings. The van der Waals surface area contributed by atoms with Gasteiger partial charge in [-0.3, -0.25) is 0 Å². The number of methoxy groups -OCH3 is 1. The summed E-state index contributed by atoms with van der Waals surface area (Å²) in [6.45, 7) is 0.470. The van der Waals surface area contributed by atoms with Crippen LogP contribution in [-0.2, 0) is 6.54 Å². The van der Waals surface area contributed by atoms with E-state index in [1.807, 2.05) is 31.1 Å². The molecule has 0 saturated heterocycles. The van der Waals surface area contributed by atoms with Gasteiger partial charge in [-0.1, -0.05) is 18.2 Å². The second kappa shape index (κ2) is 8.89. The number of pyridine rings is 1. The summed E-state index contributed by atoms with van der Waals surface area (Å²) < 4.78 is 5.08. The Labute approximate surface area is 147 Å². The lowest BCUT2D eigenvalue weighted by atomic mass is 10.1. The number of aliphatic hydroxyl groups excluding tert-OH is 1. The molecule has 1 atom stereocenters. The van der Waals surface area contributed by atoms with E-state index in [2.05, 4.69) is 15.6 Å². The summed E-state index contributed by atoms with van der Waals surface area (Å²) in [7, 11) is 5.38. The fraction of sp³-hybridized carbons (Fsp3) is 0.333. The van der Waals surface area contributed by atoms with Crippen molar-refractivity contribution < 1.29 is 14.6 Å². The van der Waals surface area contributed by atoms with Crippen LogP contribution < -0.4 is 20.3 Å². The summed E-state index contributed by atoms with van der Waals surface area (Å²) >= 11 is 0. The van der Waals surface area contributed by atoms with Gasteiger partial charge in [0, 0.05) is 38.9 Å². The van der Waals surface area contributed by atoms with Crippen LogP contribution in [0.3, 0.4) is 0 Å². The molecule has 0 radical (unpaired) electrons. The van der Waals surface area contributed by atoms with E-state index in [4.69, 9.17) is 4.74 Å². The van der Waals surface area contributed by atoms with E-state index in [0.717, 1.165) is 17.1 Å². The number of amides is 2. The molecule has 134 valence electrons. The second-order valence-electron chi connectivity index (χ2n) is 5.73. The van der Waals surface area contributed by atoms with Crippen molar-refractivity contribution in [2.75, 3.05) is 32.6 Å². The first kappa shape index (κ1) is 18.5. The van der Waals surface area contributed by atoms with Crippen molar-refractivity contribution in [2.45, 2.75) is 12.6 Å². The molecule has 2 amide bonds. The molecule has 0 bridgehead atoms. The zero-order valence-corrected chi connectivity index (χ0v) is 14.7. The summed E-state index contributed by atoms with van der Waals surface area (Å²) in [5.41, 5.74) is 1.63. The molecule has 1 aromatic carbocycles. The number of carbonyl (C=O) groups excluding carboxylic acids is 1. The van der Waals surface area contributed by atoms with E-state index in [1.165, 1.54) is 0 Å². The molecule has 7 heteroatoms. The summed E-state index contributed by atoms with van der Waals surface area (Å²) in [5.74, 6) is 1.52. The fourth-order valence-electron chi connectivity index (χ4n) is 2.34. The highest BCUT2D eigenvalue weighted by molar-refractivity contribution is 5.74. The third-order valence-electron chi connectivity index (χ3n) is 3.69. The van der Waals surface area contributed by atoms with E-state index < -0.39 is 6.10 Å². The minimum absolute atomic E-state index is 0.117. The quantitative estimate of drug-likeness (QED) is 0.711. The lowest BCUT2D eigenvalue weighted by Crippen LogP contribution is -2.37. The lowest BCUT2D eigenvalue weighted by Gasteiger charge is -2.17. The number of hydrogen-bond acceptors (Lipinski definition) is 5. The van der Waals surface area contributed by atoms with Gasteiger partial charge in [0.1, 0.15) is 11.6 Å². The zero-order valence-electron chi connectivity index (χ0n) is 14.7. The molecule has 1 heterocycles. The van der Waals surface area contributed by atoms with Gasteiger partial charge in [0.2, 0.25) is 0 Å². The molecule has 0 fully saturated rings. The lowest BCUT2D eigenvalue weighted by molar-refractivity contribution is 0.173. The third kappa shape index (κ3) is 5.36. The maximum Gasteiger partial charge on any atom is 0.315 e. The molecule has 25 heavy (non-hydrogen) atoms. The minimum atomic E-state index is -0.785. The Kier molecular flexibility index (Phi) is 6.59. The average molecular weight is 344 g/mol. The highest BCUT2D eigenvalue weighted by atomic mass is 16.5. The Morgan fingerprint density at radius 2 is 1.96 bits per heavy atom. The molecule has 0 aliphatic rings. The van der Waals surface area contributed by atoms with Crippen LogP contribution >= 0.6 is 0 Å². The van der Waals surface area contributed by atoms with Crippen LogP contribution in [0.15, 0.2) is 42.6 Å². The molecule has 1 aromatic heterocycles. The monoisotopic (exact) mass is 344 g/mol. The average Bonchev–Trinajstić information content (AvgIpc) is 2.64. The van der Waals surface area contributed by atoms with Crippen LogP contribution in [0.5, 0.6) is 5.75 Å². The van der Waals surface area contributed by atoms with Crippen LogP contribution in [0, 0.1) is 0 Å². The van der Waals surface area contributed by atoms with Crippen molar-refractivity contribution >= 4 is 11.8 Å². The highest BCUT2D eigenvalue weighted by Gasteiger charge is 2.11. The van der Waals surface area contributed by atoms with Crippen molar-refractivity contribution in [3.05, 3.63) is 53.7 Å². The Hall–Kier alpha value is -2.80. The van der Waals surface area contributed by atoms with E-state index in [0.29, 0.717) is 12.1 Å². The SMILES string of the molecule is COc1ccc([C@H](O)CNC(=O)NCc2cccnc2N(C)C)cc1. The molecular weight excluding hydrogens is 320 g/mol. The third-order valence-corrected chi connectivity index (χ3v) is 3.69. The number of rotatable bonds is 7. The number of benzene rings is 1. The molecular formula is C18H24N4O3. The van der Waals surface area contributed by atoms with Gasteiger partial charge in [-0.15, -0.1) is 0 Å². The van der Waals surface area contributed by atoms with Gasteiger partial charge in [-0.2, -0.15) is 0 Å². The van der Waals surface area contributed by atoms with Crippen LogP contribution in [0.4, 0.5) is 10.6 Å². The van der Waals surface area contributed by atoms with Gasteiger partial charge in [0.25, 0.3) is 0 Å². The number of hydrogen-bond donors (Lipinski definition) is 3. The normalized spacial score (nSPS) is 11.5. The van der Waals surface area contributed by atoms with Gasteiger partial charge in [0.05, 0.1) is 13.2 Å². The van der Waals surface area contributed by atoms with Crippen LogP contribution in [0.25, 0.3) is 0 Å². The molecule has 0 unspecified atom stereocenters. The maximum absolute atomic E-state index is 11.9. The number of aromatic nitrogens is 1. The van der Waals surface area contributed by atoms with Gasteiger partial charge in [-0.05, 0) is 23.8 Å². The highest BCUT2D eigenvalue weighted by Crippen LogP contribution is 2.17. The number of nitrogens with zero attached hydrogens (tertiary/aromatic N) is 2. The zero-order chi connectivity index (χ0) is 18.2. The van der Waals surface area contributed by atoms with Crippen LogP contribution in [-0.4, -0.2) is 43.9 Å². The van der Waals surface area contributed by atoms with Gasteiger partial charge >= 0.3 is 6.03 Å². The predicted molar refractivity (Wildman–Crippen MR) is 96.8 cm³/mol. The number of anilines is 1. The minimum Gasteiger partial charge on any atom is -0.497 e. The first-order valence-corrected chi connectivity index (χ1v) is 7.96. The van der Waals surface area contributed by atoms with Gasteiger partial charge < -0.3 is 25.4 Å².